The average molecular weight is 182 g/mol. The van der Waals surface area contributed by atoms with E-state index in [-0.39, 0.29) is 0 Å². The minimum Gasteiger partial charge on any atom is -0.355 e. The fourth-order valence-corrected chi connectivity index (χ4v) is 0.929. The number of H-pyrrole nitrogens is 1. The lowest BCUT2D eigenvalue weighted by atomic mass is 10.4. The second-order valence-electron chi connectivity index (χ2n) is 2.43. The predicted molar refractivity (Wildman–Crippen MR) is 51.0 cm³/mol. The van der Waals surface area contributed by atoms with E-state index in [0.717, 1.165) is 18.8 Å². The molecule has 0 aromatic carbocycles. The number of hydrogen-bond acceptors (Lipinski definition) is 3. The summed E-state index contributed by atoms with van der Waals surface area (Å²) >= 11 is 0. The van der Waals surface area contributed by atoms with Crippen LogP contribution in [0.1, 0.15) is 5.82 Å². The summed E-state index contributed by atoms with van der Waals surface area (Å²) in [5.41, 5.74) is 2.44. The van der Waals surface area contributed by atoms with Crippen molar-refractivity contribution >= 4 is 5.96 Å². The first kappa shape index (κ1) is 9.53. The summed E-state index contributed by atoms with van der Waals surface area (Å²) in [7, 11) is 1.66. The fraction of sp³-hybridized carbons (Fsp3) is 0.429. The molecule has 0 unspecified atom stereocenters. The van der Waals surface area contributed by atoms with Crippen LogP contribution in [0.25, 0.3) is 0 Å². The van der Waals surface area contributed by atoms with Crippen molar-refractivity contribution in [1.82, 2.24) is 20.7 Å². The van der Waals surface area contributed by atoms with E-state index >= 15 is 0 Å². The Morgan fingerprint density at radius 1 is 1.77 bits per heavy atom. The van der Waals surface area contributed by atoms with Crippen molar-refractivity contribution in [3.63, 3.8) is 0 Å². The zero-order valence-corrected chi connectivity index (χ0v) is 7.54. The molecule has 13 heavy (non-hydrogen) atoms. The Morgan fingerprint density at radius 3 is 3.15 bits per heavy atom. The van der Waals surface area contributed by atoms with Gasteiger partial charge in [0, 0.05) is 32.4 Å². The maximum Gasteiger partial charge on any atom is 0.205 e. The van der Waals surface area contributed by atoms with E-state index in [9.17, 15) is 0 Å². The molecule has 1 heterocycles. The Bertz CT molecular complexity index is 252. The number of hydrazine groups is 1. The van der Waals surface area contributed by atoms with Gasteiger partial charge in [0.1, 0.15) is 5.82 Å². The number of aromatic amines is 1. The van der Waals surface area contributed by atoms with Crippen LogP contribution in [0.2, 0.25) is 0 Å². The molecule has 0 aliphatic carbocycles. The highest BCUT2D eigenvalue weighted by Gasteiger charge is 1.95. The van der Waals surface area contributed by atoms with Crippen LogP contribution in [0.5, 0.6) is 0 Å². The minimum atomic E-state index is 0.576. The van der Waals surface area contributed by atoms with Crippen molar-refractivity contribution in [1.29, 1.82) is 0 Å². The minimum absolute atomic E-state index is 0.576. The van der Waals surface area contributed by atoms with E-state index in [1.165, 1.54) is 0 Å². The summed E-state index contributed by atoms with van der Waals surface area (Å²) < 4.78 is 0. The molecular formula is C7H14N6. The molecule has 0 aliphatic heterocycles. The van der Waals surface area contributed by atoms with Gasteiger partial charge in [-0.2, -0.15) is 0 Å². The third-order valence-electron chi connectivity index (χ3n) is 1.57. The summed E-state index contributed by atoms with van der Waals surface area (Å²) in [4.78, 5) is 10.9. The lowest BCUT2D eigenvalue weighted by Crippen LogP contribution is -2.42. The number of rotatable bonds is 3. The number of aromatic nitrogens is 2. The van der Waals surface area contributed by atoms with Gasteiger partial charge in [0.2, 0.25) is 5.96 Å². The molecule has 72 valence electrons. The highest BCUT2D eigenvalue weighted by atomic mass is 15.3. The molecule has 1 aromatic rings. The van der Waals surface area contributed by atoms with E-state index in [2.05, 4.69) is 25.7 Å². The van der Waals surface area contributed by atoms with Crippen LogP contribution in [0.3, 0.4) is 0 Å². The lowest BCUT2D eigenvalue weighted by molar-refractivity contribution is 0.790. The Kier molecular flexibility index (Phi) is 3.77. The molecule has 6 heteroatoms. The summed E-state index contributed by atoms with van der Waals surface area (Å²) in [6, 6.07) is 0. The van der Waals surface area contributed by atoms with Gasteiger partial charge in [-0.15, -0.1) is 0 Å². The van der Waals surface area contributed by atoms with Crippen molar-refractivity contribution in [2.24, 2.45) is 10.8 Å². The van der Waals surface area contributed by atoms with Crippen molar-refractivity contribution in [3.05, 3.63) is 18.2 Å². The van der Waals surface area contributed by atoms with Crippen LogP contribution < -0.4 is 16.6 Å². The number of imidazole rings is 1. The third kappa shape index (κ3) is 3.12. The molecule has 0 amide bonds. The highest BCUT2D eigenvalue weighted by Crippen LogP contribution is 1.87. The maximum atomic E-state index is 5.18. The van der Waals surface area contributed by atoms with Crippen molar-refractivity contribution in [2.45, 2.75) is 6.42 Å². The third-order valence-corrected chi connectivity index (χ3v) is 1.57. The first-order valence-electron chi connectivity index (χ1n) is 4.02. The number of nitrogens with one attached hydrogen (secondary N) is 3. The highest BCUT2D eigenvalue weighted by molar-refractivity contribution is 5.78. The van der Waals surface area contributed by atoms with E-state index in [1.807, 2.05) is 0 Å². The molecule has 0 aliphatic rings. The summed E-state index contributed by atoms with van der Waals surface area (Å²) in [5, 5.41) is 3.01. The molecule has 0 saturated heterocycles. The van der Waals surface area contributed by atoms with Gasteiger partial charge in [0.05, 0.1) is 0 Å². The molecule has 0 bridgehead atoms. The number of guanidine groups is 1. The van der Waals surface area contributed by atoms with Gasteiger partial charge in [0.25, 0.3) is 0 Å². The van der Waals surface area contributed by atoms with Crippen molar-refractivity contribution < 1.29 is 0 Å². The number of nitrogens with two attached hydrogens (primary N) is 1. The van der Waals surface area contributed by atoms with Gasteiger partial charge in [-0.3, -0.25) is 10.4 Å². The van der Waals surface area contributed by atoms with E-state index < -0.39 is 0 Å². The predicted octanol–water partition coefficient (Wildman–Crippen LogP) is -1.01. The van der Waals surface area contributed by atoms with Crippen LogP contribution in [0.4, 0.5) is 0 Å². The van der Waals surface area contributed by atoms with Crippen LogP contribution in [0, 0.1) is 0 Å². The lowest BCUT2D eigenvalue weighted by Gasteiger charge is -2.06. The van der Waals surface area contributed by atoms with Crippen LogP contribution >= 0.6 is 0 Å². The first-order chi connectivity index (χ1) is 6.36. The van der Waals surface area contributed by atoms with E-state index in [0.29, 0.717) is 5.96 Å². The van der Waals surface area contributed by atoms with Gasteiger partial charge < -0.3 is 10.3 Å². The van der Waals surface area contributed by atoms with Gasteiger partial charge in [-0.1, -0.05) is 0 Å². The fourth-order valence-electron chi connectivity index (χ4n) is 0.929. The number of nitrogens with zero attached hydrogens (tertiary/aromatic N) is 2. The number of hydrogen-bond donors (Lipinski definition) is 4. The largest absolute Gasteiger partial charge is 0.355 e. The molecule has 5 N–H and O–H groups in total. The van der Waals surface area contributed by atoms with Gasteiger partial charge in [-0.05, 0) is 0 Å². The van der Waals surface area contributed by atoms with Crippen molar-refractivity contribution in [3.8, 4) is 0 Å². The molecule has 0 radical (unpaired) electrons. The standard InChI is InChI=1S/C7H14N6/c1-9-7(13-8)12-3-2-6-10-4-5-11-6/h4-5H,2-3,8H2,1H3,(H,10,11)(H2,9,12,13). The normalized spacial score (nSPS) is 11.4. The molecule has 0 fully saturated rings. The monoisotopic (exact) mass is 182 g/mol. The second kappa shape index (κ2) is 5.15. The zero-order chi connectivity index (χ0) is 9.52. The molecule has 1 rings (SSSR count). The Morgan fingerprint density at radius 2 is 2.62 bits per heavy atom. The van der Waals surface area contributed by atoms with E-state index in [1.54, 1.807) is 19.4 Å². The van der Waals surface area contributed by atoms with Crippen molar-refractivity contribution in [2.75, 3.05) is 13.6 Å². The van der Waals surface area contributed by atoms with Crippen LogP contribution in [0.15, 0.2) is 17.4 Å². The Hall–Kier alpha value is -1.56. The molecule has 0 atom stereocenters. The second-order valence-corrected chi connectivity index (χ2v) is 2.43. The van der Waals surface area contributed by atoms with Crippen LogP contribution in [-0.2, 0) is 6.42 Å². The van der Waals surface area contributed by atoms with Gasteiger partial charge in [0.15, 0.2) is 0 Å². The average Bonchev–Trinajstić information content (AvgIpc) is 2.65. The molecular weight excluding hydrogens is 168 g/mol. The topological polar surface area (TPSA) is 91.1 Å². The van der Waals surface area contributed by atoms with E-state index in [4.69, 9.17) is 5.84 Å². The quantitative estimate of drug-likeness (QED) is 0.209. The zero-order valence-electron chi connectivity index (χ0n) is 7.54. The molecule has 0 spiro atoms. The first-order valence-corrected chi connectivity index (χ1v) is 4.02. The molecule has 0 saturated carbocycles. The molecule has 1 aromatic heterocycles. The maximum absolute atomic E-state index is 5.18. The SMILES string of the molecule is CN=C(NN)NCCc1ncc[nH]1. The summed E-state index contributed by atoms with van der Waals surface area (Å²) in [6.45, 7) is 0.740. The summed E-state index contributed by atoms with van der Waals surface area (Å²) in [5.74, 6) is 6.70. The summed E-state index contributed by atoms with van der Waals surface area (Å²) in [6.07, 6.45) is 4.34. The Labute approximate surface area is 76.6 Å². The van der Waals surface area contributed by atoms with Crippen LogP contribution in [-0.4, -0.2) is 29.5 Å². The van der Waals surface area contributed by atoms with Gasteiger partial charge in [-0.25, -0.2) is 10.8 Å². The Balaban J connectivity index is 2.21. The smallest absolute Gasteiger partial charge is 0.205 e. The number of aliphatic imine (C=N–C) groups is 1. The molecule has 6 nitrogen and oxygen atoms in total. The van der Waals surface area contributed by atoms with Gasteiger partial charge >= 0.3 is 0 Å².